The second-order valence-electron chi connectivity index (χ2n) is 4.95. The largest absolute Gasteiger partial charge is 0.313 e. The topological polar surface area (TPSA) is 12.0 Å². The van der Waals surface area contributed by atoms with Gasteiger partial charge in [-0.1, -0.05) is 26.7 Å². The first-order valence-electron chi connectivity index (χ1n) is 5.47. The Kier molecular flexibility index (Phi) is 2.16. The van der Waals surface area contributed by atoms with Gasteiger partial charge in [0, 0.05) is 6.04 Å². The Morgan fingerprint density at radius 1 is 1.25 bits per heavy atom. The molecule has 1 saturated heterocycles. The average molecular weight is 167 g/mol. The number of nitrogens with one attached hydrogen (secondary N) is 1. The summed E-state index contributed by atoms with van der Waals surface area (Å²) in [6, 6.07) is 0.829. The van der Waals surface area contributed by atoms with Crippen LogP contribution in [0.2, 0.25) is 0 Å². The van der Waals surface area contributed by atoms with E-state index in [0.29, 0.717) is 5.41 Å². The third-order valence-electron chi connectivity index (χ3n) is 4.33. The molecule has 2 fully saturated rings. The van der Waals surface area contributed by atoms with Gasteiger partial charge < -0.3 is 5.32 Å². The van der Waals surface area contributed by atoms with Gasteiger partial charge in [0.1, 0.15) is 0 Å². The van der Waals surface area contributed by atoms with Crippen LogP contribution >= 0.6 is 0 Å². The third kappa shape index (κ3) is 1.19. The van der Waals surface area contributed by atoms with Gasteiger partial charge in [-0.3, -0.25) is 0 Å². The van der Waals surface area contributed by atoms with Gasteiger partial charge in [-0.2, -0.15) is 0 Å². The van der Waals surface area contributed by atoms with E-state index in [-0.39, 0.29) is 0 Å². The molecule has 1 aliphatic carbocycles. The molecule has 0 aromatic carbocycles. The highest BCUT2D eigenvalue weighted by molar-refractivity contribution is 4.97. The fraction of sp³-hybridized carbons (Fsp3) is 1.00. The zero-order valence-electron chi connectivity index (χ0n) is 8.40. The maximum Gasteiger partial charge on any atom is 0.0123 e. The van der Waals surface area contributed by atoms with E-state index in [1.807, 2.05) is 0 Å². The number of hydrogen-bond acceptors (Lipinski definition) is 1. The molecule has 2 rings (SSSR count). The fourth-order valence-electron chi connectivity index (χ4n) is 3.13. The number of hydrogen-bond donors (Lipinski definition) is 1. The Morgan fingerprint density at radius 3 is 2.83 bits per heavy atom. The second kappa shape index (κ2) is 3.02. The lowest BCUT2D eigenvalue weighted by Gasteiger charge is -2.49. The number of fused-ring (bicyclic) bond motifs is 1. The van der Waals surface area contributed by atoms with Crippen molar-refractivity contribution in [1.29, 1.82) is 0 Å². The zero-order valence-corrected chi connectivity index (χ0v) is 8.40. The Balaban J connectivity index is 2.14. The maximum atomic E-state index is 3.69. The standard InChI is InChI=1S/C11H21N/c1-9-5-3-6-10-11(9,2)7-4-8-12-10/h9-10,12H,3-8H2,1-2H3. The minimum Gasteiger partial charge on any atom is -0.313 e. The van der Waals surface area contributed by atoms with Gasteiger partial charge in [0.15, 0.2) is 0 Å². The van der Waals surface area contributed by atoms with Crippen LogP contribution in [0.25, 0.3) is 0 Å². The van der Waals surface area contributed by atoms with Crippen molar-refractivity contribution in [2.24, 2.45) is 11.3 Å². The van der Waals surface area contributed by atoms with Crippen molar-refractivity contribution >= 4 is 0 Å². The van der Waals surface area contributed by atoms with Crippen LogP contribution in [0, 0.1) is 11.3 Å². The van der Waals surface area contributed by atoms with Gasteiger partial charge in [0.05, 0.1) is 0 Å². The van der Waals surface area contributed by atoms with Gasteiger partial charge >= 0.3 is 0 Å². The summed E-state index contributed by atoms with van der Waals surface area (Å²) >= 11 is 0. The minimum atomic E-state index is 0.622. The van der Waals surface area contributed by atoms with Crippen molar-refractivity contribution in [3.05, 3.63) is 0 Å². The third-order valence-corrected chi connectivity index (χ3v) is 4.33. The molecule has 0 spiro atoms. The molecule has 3 atom stereocenters. The molecular weight excluding hydrogens is 146 g/mol. The first kappa shape index (κ1) is 8.55. The van der Waals surface area contributed by atoms with E-state index in [1.165, 1.54) is 38.6 Å². The molecule has 0 aromatic heterocycles. The van der Waals surface area contributed by atoms with E-state index in [4.69, 9.17) is 0 Å². The van der Waals surface area contributed by atoms with Crippen molar-refractivity contribution in [1.82, 2.24) is 5.32 Å². The fourth-order valence-corrected chi connectivity index (χ4v) is 3.13. The molecule has 1 heteroatoms. The highest BCUT2D eigenvalue weighted by Crippen LogP contribution is 2.45. The minimum absolute atomic E-state index is 0.622. The Labute approximate surface area is 75.9 Å². The van der Waals surface area contributed by atoms with Crippen LogP contribution in [0.4, 0.5) is 0 Å². The molecule has 1 aliphatic heterocycles. The molecule has 1 saturated carbocycles. The van der Waals surface area contributed by atoms with Gasteiger partial charge in [-0.25, -0.2) is 0 Å². The summed E-state index contributed by atoms with van der Waals surface area (Å²) in [6.07, 6.45) is 7.15. The summed E-state index contributed by atoms with van der Waals surface area (Å²) in [6.45, 7) is 6.19. The molecule has 70 valence electrons. The Bertz CT molecular complexity index is 164. The second-order valence-corrected chi connectivity index (χ2v) is 4.95. The molecule has 3 unspecified atom stereocenters. The van der Waals surface area contributed by atoms with Crippen LogP contribution in [0.5, 0.6) is 0 Å². The molecule has 1 nitrogen and oxygen atoms in total. The van der Waals surface area contributed by atoms with Gasteiger partial charge in [0.2, 0.25) is 0 Å². The first-order chi connectivity index (χ1) is 5.73. The van der Waals surface area contributed by atoms with E-state index in [9.17, 15) is 0 Å². The molecular formula is C11H21N. The average Bonchev–Trinajstić information content (AvgIpc) is 2.07. The van der Waals surface area contributed by atoms with Crippen LogP contribution in [0.15, 0.2) is 0 Å². The normalized spacial score (nSPS) is 48.5. The van der Waals surface area contributed by atoms with Crippen LogP contribution < -0.4 is 5.32 Å². The Morgan fingerprint density at radius 2 is 2.08 bits per heavy atom. The monoisotopic (exact) mass is 167 g/mol. The summed E-state index contributed by atoms with van der Waals surface area (Å²) < 4.78 is 0. The highest BCUT2D eigenvalue weighted by Gasteiger charge is 2.42. The molecule has 0 bridgehead atoms. The van der Waals surface area contributed by atoms with Crippen molar-refractivity contribution in [2.75, 3.05) is 6.54 Å². The van der Waals surface area contributed by atoms with E-state index < -0.39 is 0 Å². The van der Waals surface area contributed by atoms with E-state index in [1.54, 1.807) is 0 Å². The summed E-state index contributed by atoms with van der Waals surface area (Å²) in [5, 5.41) is 3.69. The molecule has 0 radical (unpaired) electrons. The van der Waals surface area contributed by atoms with E-state index >= 15 is 0 Å². The summed E-state index contributed by atoms with van der Waals surface area (Å²) in [4.78, 5) is 0. The van der Waals surface area contributed by atoms with Crippen LogP contribution in [-0.2, 0) is 0 Å². The molecule has 1 heterocycles. The lowest BCUT2D eigenvalue weighted by atomic mass is 9.61. The van der Waals surface area contributed by atoms with Crippen LogP contribution in [0.1, 0.15) is 46.0 Å². The zero-order chi connectivity index (χ0) is 8.60. The SMILES string of the molecule is CC1CCCC2NCCCC12C. The first-order valence-corrected chi connectivity index (χ1v) is 5.47. The lowest BCUT2D eigenvalue weighted by Crippen LogP contribution is -2.53. The molecule has 2 aliphatic rings. The summed E-state index contributed by atoms with van der Waals surface area (Å²) in [5.74, 6) is 0.934. The molecule has 0 amide bonds. The van der Waals surface area contributed by atoms with E-state index in [0.717, 1.165) is 12.0 Å². The molecule has 0 aromatic rings. The summed E-state index contributed by atoms with van der Waals surface area (Å²) in [7, 11) is 0. The van der Waals surface area contributed by atoms with Gasteiger partial charge in [-0.15, -0.1) is 0 Å². The van der Waals surface area contributed by atoms with Crippen molar-refractivity contribution in [3.8, 4) is 0 Å². The van der Waals surface area contributed by atoms with Crippen molar-refractivity contribution in [2.45, 2.75) is 52.0 Å². The smallest absolute Gasteiger partial charge is 0.0123 e. The van der Waals surface area contributed by atoms with Gasteiger partial charge in [-0.05, 0) is 37.1 Å². The quantitative estimate of drug-likeness (QED) is 0.584. The Hall–Kier alpha value is -0.0400. The maximum absolute atomic E-state index is 3.69. The van der Waals surface area contributed by atoms with Crippen molar-refractivity contribution < 1.29 is 0 Å². The number of rotatable bonds is 0. The lowest BCUT2D eigenvalue weighted by molar-refractivity contribution is 0.0448. The molecule has 12 heavy (non-hydrogen) atoms. The highest BCUT2D eigenvalue weighted by atomic mass is 15.0. The van der Waals surface area contributed by atoms with Crippen LogP contribution in [-0.4, -0.2) is 12.6 Å². The van der Waals surface area contributed by atoms with E-state index in [2.05, 4.69) is 19.2 Å². The predicted molar refractivity (Wildman–Crippen MR) is 52.1 cm³/mol. The van der Waals surface area contributed by atoms with Crippen molar-refractivity contribution in [3.63, 3.8) is 0 Å². The predicted octanol–water partition coefficient (Wildman–Crippen LogP) is 2.56. The molecule has 1 N–H and O–H groups in total. The summed E-state index contributed by atoms with van der Waals surface area (Å²) in [5.41, 5.74) is 0.622. The van der Waals surface area contributed by atoms with Gasteiger partial charge in [0.25, 0.3) is 0 Å². The number of piperidine rings is 1. The van der Waals surface area contributed by atoms with Crippen LogP contribution in [0.3, 0.4) is 0 Å².